The molecular weight excluding hydrogens is 344 g/mol. The van der Waals surface area contributed by atoms with Gasteiger partial charge in [-0.15, -0.1) is 11.3 Å². The Kier molecular flexibility index (Phi) is 4.31. The minimum Gasteiger partial charge on any atom is -0.487 e. The number of likely N-dealkylation sites (N-methyl/N-ethyl adjacent to an activating group) is 1. The van der Waals surface area contributed by atoms with Crippen molar-refractivity contribution in [2.45, 2.75) is 13.5 Å². The summed E-state index contributed by atoms with van der Waals surface area (Å²) in [7, 11) is 1.80. The van der Waals surface area contributed by atoms with Crippen LogP contribution in [0, 0.1) is 6.92 Å². The van der Waals surface area contributed by atoms with E-state index < -0.39 is 0 Å². The molecule has 1 aromatic heterocycles. The predicted molar refractivity (Wildman–Crippen MR) is 105 cm³/mol. The zero-order valence-electron chi connectivity index (χ0n) is 14.6. The van der Waals surface area contributed by atoms with Crippen LogP contribution in [0.15, 0.2) is 53.9 Å². The third-order valence-electron chi connectivity index (χ3n) is 4.34. The highest BCUT2D eigenvalue weighted by Crippen LogP contribution is 2.36. The van der Waals surface area contributed by atoms with E-state index in [-0.39, 0.29) is 5.91 Å². The van der Waals surface area contributed by atoms with E-state index in [2.05, 4.69) is 4.98 Å². The smallest absolute Gasteiger partial charge is 0.258 e. The Morgan fingerprint density at radius 2 is 1.92 bits per heavy atom. The summed E-state index contributed by atoms with van der Waals surface area (Å²) in [5, 5.41) is 3.05. The number of rotatable bonds is 4. The second-order valence-corrected chi connectivity index (χ2v) is 7.22. The SMILES string of the molecule is Cc1nc(COc2ccc(C=C3C(=O)N(C)c4ccccc43)cc2)cs1. The van der Waals surface area contributed by atoms with E-state index in [1.54, 1.807) is 23.3 Å². The molecule has 0 bridgehead atoms. The summed E-state index contributed by atoms with van der Waals surface area (Å²) in [5.41, 5.74) is 4.54. The molecule has 130 valence electrons. The van der Waals surface area contributed by atoms with Gasteiger partial charge in [-0.2, -0.15) is 0 Å². The van der Waals surface area contributed by atoms with Gasteiger partial charge in [-0.05, 0) is 36.8 Å². The summed E-state index contributed by atoms with van der Waals surface area (Å²) in [6.07, 6.45) is 1.93. The highest BCUT2D eigenvalue weighted by atomic mass is 32.1. The van der Waals surface area contributed by atoms with Crippen molar-refractivity contribution in [2.24, 2.45) is 0 Å². The maximum absolute atomic E-state index is 12.5. The molecule has 3 aromatic rings. The largest absolute Gasteiger partial charge is 0.487 e. The number of benzene rings is 2. The minimum absolute atomic E-state index is 0.0189. The first-order valence-electron chi connectivity index (χ1n) is 8.35. The molecule has 1 amide bonds. The molecular formula is C21H18N2O2S. The van der Waals surface area contributed by atoms with Crippen LogP contribution < -0.4 is 9.64 Å². The number of hydrogen-bond donors (Lipinski definition) is 0. The Morgan fingerprint density at radius 3 is 2.65 bits per heavy atom. The highest BCUT2D eigenvalue weighted by molar-refractivity contribution is 7.09. The van der Waals surface area contributed by atoms with Crippen molar-refractivity contribution in [3.05, 3.63) is 75.7 Å². The molecule has 26 heavy (non-hydrogen) atoms. The van der Waals surface area contributed by atoms with Crippen molar-refractivity contribution in [3.63, 3.8) is 0 Å². The molecule has 0 radical (unpaired) electrons. The quantitative estimate of drug-likeness (QED) is 0.640. The Balaban J connectivity index is 1.52. The number of hydrogen-bond acceptors (Lipinski definition) is 4. The molecule has 0 fully saturated rings. The van der Waals surface area contributed by atoms with Crippen LogP contribution in [-0.4, -0.2) is 17.9 Å². The molecule has 4 nitrogen and oxygen atoms in total. The molecule has 2 heterocycles. The van der Waals surface area contributed by atoms with Gasteiger partial charge in [0.15, 0.2) is 0 Å². The number of para-hydroxylation sites is 1. The van der Waals surface area contributed by atoms with E-state index in [9.17, 15) is 4.79 Å². The van der Waals surface area contributed by atoms with Gasteiger partial charge in [0.25, 0.3) is 5.91 Å². The van der Waals surface area contributed by atoms with Crippen LogP contribution in [0.3, 0.4) is 0 Å². The van der Waals surface area contributed by atoms with Crippen LogP contribution in [0.2, 0.25) is 0 Å². The number of ether oxygens (including phenoxy) is 1. The van der Waals surface area contributed by atoms with E-state index >= 15 is 0 Å². The zero-order valence-corrected chi connectivity index (χ0v) is 15.4. The van der Waals surface area contributed by atoms with Gasteiger partial charge in [-0.1, -0.05) is 30.3 Å². The Bertz CT molecular complexity index is 989. The van der Waals surface area contributed by atoms with E-state index in [4.69, 9.17) is 4.74 Å². The standard InChI is InChI=1S/C21H18N2O2S/c1-14-22-16(13-26-14)12-25-17-9-7-15(8-10-17)11-19-18-5-3-4-6-20(18)23(2)21(19)24/h3-11,13H,12H2,1-2H3. The van der Waals surface area contributed by atoms with Crippen LogP contribution in [0.4, 0.5) is 5.69 Å². The first-order chi connectivity index (χ1) is 12.6. The molecule has 0 saturated heterocycles. The van der Waals surface area contributed by atoms with Crippen molar-refractivity contribution in [1.29, 1.82) is 0 Å². The van der Waals surface area contributed by atoms with Crippen molar-refractivity contribution < 1.29 is 9.53 Å². The fourth-order valence-electron chi connectivity index (χ4n) is 3.00. The molecule has 0 unspecified atom stereocenters. The molecule has 0 aliphatic carbocycles. The van der Waals surface area contributed by atoms with E-state index in [1.165, 1.54) is 0 Å². The van der Waals surface area contributed by atoms with Gasteiger partial charge in [0.05, 0.1) is 16.4 Å². The van der Waals surface area contributed by atoms with Gasteiger partial charge in [-0.3, -0.25) is 4.79 Å². The number of carbonyl (C=O) groups excluding carboxylic acids is 1. The molecule has 0 saturated carbocycles. The topological polar surface area (TPSA) is 42.4 Å². The van der Waals surface area contributed by atoms with Crippen LogP contribution >= 0.6 is 11.3 Å². The monoisotopic (exact) mass is 362 g/mol. The summed E-state index contributed by atoms with van der Waals surface area (Å²) < 4.78 is 5.77. The van der Waals surface area contributed by atoms with Crippen molar-refractivity contribution in [1.82, 2.24) is 4.98 Å². The van der Waals surface area contributed by atoms with E-state index in [0.717, 1.165) is 38.8 Å². The zero-order chi connectivity index (χ0) is 18.1. The van der Waals surface area contributed by atoms with Gasteiger partial charge in [0, 0.05) is 23.6 Å². The van der Waals surface area contributed by atoms with Crippen LogP contribution in [0.25, 0.3) is 11.6 Å². The number of amides is 1. The summed E-state index contributed by atoms with van der Waals surface area (Å²) in [4.78, 5) is 18.6. The normalized spacial score (nSPS) is 14.8. The second kappa shape index (κ2) is 6.77. The van der Waals surface area contributed by atoms with Crippen molar-refractivity contribution >= 4 is 34.6 Å². The maximum atomic E-state index is 12.5. The van der Waals surface area contributed by atoms with Crippen molar-refractivity contribution in [2.75, 3.05) is 11.9 Å². The maximum Gasteiger partial charge on any atom is 0.258 e. The fraction of sp³-hybridized carbons (Fsp3) is 0.143. The Morgan fingerprint density at radius 1 is 1.15 bits per heavy atom. The number of aryl methyl sites for hydroxylation is 1. The first-order valence-corrected chi connectivity index (χ1v) is 9.23. The van der Waals surface area contributed by atoms with Crippen LogP contribution in [0.5, 0.6) is 5.75 Å². The number of thiazole rings is 1. The lowest BCUT2D eigenvalue weighted by Crippen LogP contribution is -2.20. The molecule has 0 atom stereocenters. The van der Waals surface area contributed by atoms with Gasteiger partial charge in [0.1, 0.15) is 12.4 Å². The second-order valence-electron chi connectivity index (χ2n) is 6.15. The average molecular weight is 362 g/mol. The Hall–Kier alpha value is -2.92. The van der Waals surface area contributed by atoms with Crippen LogP contribution in [-0.2, 0) is 11.4 Å². The third-order valence-corrected chi connectivity index (χ3v) is 5.16. The Labute approximate surface area is 156 Å². The fourth-order valence-corrected chi connectivity index (χ4v) is 3.59. The van der Waals surface area contributed by atoms with Gasteiger partial charge in [0.2, 0.25) is 0 Å². The molecule has 1 aliphatic rings. The molecule has 2 aromatic carbocycles. The predicted octanol–water partition coefficient (Wildman–Crippen LogP) is 4.55. The molecule has 5 heteroatoms. The lowest BCUT2D eigenvalue weighted by Gasteiger charge is -2.08. The van der Waals surface area contributed by atoms with Crippen molar-refractivity contribution in [3.8, 4) is 5.75 Å². The van der Waals surface area contributed by atoms with E-state index in [0.29, 0.717) is 6.61 Å². The number of fused-ring (bicyclic) bond motifs is 1. The lowest BCUT2D eigenvalue weighted by molar-refractivity contribution is -0.112. The summed E-state index contributed by atoms with van der Waals surface area (Å²) in [6, 6.07) is 15.6. The summed E-state index contributed by atoms with van der Waals surface area (Å²) in [5.74, 6) is 0.804. The third kappa shape index (κ3) is 3.13. The minimum atomic E-state index is 0.0189. The number of nitrogens with zero attached hydrogens (tertiary/aromatic N) is 2. The number of carbonyl (C=O) groups is 1. The highest BCUT2D eigenvalue weighted by Gasteiger charge is 2.28. The number of aromatic nitrogens is 1. The first kappa shape index (κ1) is 16.5. The van der Waals surface area contributed by atoms with Gasteiger partial charge < -0.3 is 9.64 Å². The average Bonchev–Trinajstić information content (AvgIpc) is 3.18. The summed E-state index contributed by atoms with van der Waals surface area (Å²) >= 11 is 1.62. The molecule has 1 aliphatic heterocycles. The lowest BCUT2D eigenvalue weighted by atomic mass is 10.0. The molecule has 0 spiro atoms. The summed E-state index contributed by atoms with van der Waals surface area (Å²) in [6.45, 7) is 2.44. The number of anilines is 1. The molecule has 4 rings (SSSR count). The molecule has 0 N–H and O–H groups in total. The van der Waals surface area contributed by atoms with Gasteiger partial charge in [-0.25, -0.2) is 4.98 Å². The van der Waals surface area contributed by atoms with Gasteiger partial charge >= 0.3 is 0 Å². The van der Waals surface area contributed by atoms with Crippen LogP contribution in [0.1, 0.15) is 21.8 Å². The van der Waals surface area contributed by atoms with E-state index in [1.807, 2.05) is 66.9 Å².